The zero-order valence-corrected chi connectivity index (χ0v) is 14.7. The minimum atomic E-state index is -2.53. The van der Waals surface area contributed by atoms with Crippen LogP contribution in [0.15, 0.2) is 11.3 Å². The van der Waals surface area contributed by atoms with Gasteiger partial charge in [0.05, 0.1) is 13.2 Å². The maximum absolute atomic E-state index is 12.2. The number of methoxy groups -OCH3 is 1. The van der Waals surface area contributed by atoms with Crippen LogP contribution in [0.4, 0.5) is 0 Å². The van der Waals surface area contributed by atoms with E-state index in [1.807, 2.05) is 0 Å². The zero-order chi connectivity index (χ0) is 19.5. The molecular weight excluding hydrogens is 356 g/mol. The van der Waals surface area contributed by atoms with E-state index in [1.54, 1.807) is 0 Å². The zero-order valence-electron chi connectivity index (χ0n) is 13.8. The number of rotatable bonds is 8. The number of hydrazine groups is 1. The van der Waals surface area contributed by atoms with Crippen LogP contribution in [0.2, 0.25) is 0 Å². The number of hydrogen-bond donors (Lipinski definition) is 6. The Bertz CT molecular complexity index is 618. The topological polar surface area (TPSA) is 171 Å². The summed E-state index contributed by atoms with van der Waals surface area (Å²) in [6, 6.07) is -2.94. The highest BCUT2D eigenvalue weighted by atomic mass is 32.1. The minimum absolute atomic E-state index is 0.245. The van der Waals surface area contributed by atoms with Gasteiger partial charge < -0.3 is 20.7 Å². The third-order valence-electron chi connectivity index (χ3n) is 3.95. The maximum atomic E-state index is 12.2. The predicted octanol–water partition coefficient (Wildman–Crippen LogP) is -1.91. The van der Waals surface area contributed by atoms with Gasteiger partial charge in [0.2, 0.25) is 11.3 Å². The number of amides is 1. The molecule has 11 nitrogen and oxygen atoms in total. The summed E-state index contributed by atoms with van der Waals surface area (Å²) in [6.45, 7) is 2.34. The molecule has 0 aromatic rings. The van der Waals surface area contributed by atoms with Gasteiger partial charge in [-0.1, -0.05) is 12.8 Å². The van der Waals surface area contributed by atoms with Crippen LogP contribution >= 0.6 is 12.8 Å². The van der Waals surface area contributed by atoms with E-state index in [-0.39, 0.29) is 5.70 Å². The first-order chi connectivity index (χ1) is 11.6. The lowest BCUT2D eigenvalue weighted by Crippen LogP contribution is -2.78. The second-order valence-corrected chi connectivity index (χ2v) is 5.79. The number of nitrogens with one attached hydrogen (secondary N) is 2. The number of aliphatic carboxylic acids is 2. The number of nitrogens with two attached hydrogens (primary N) is 1. The number of nitrogens with zero attached hydrogens (tertiary/aromatic N) is 1. The molecule has 0 aromatic carbocycles. The average molecular weight is 376 g/mol. The summed E-state index contributed by atoms with van der Waals surface area (Å²) in [5, 5.41) is 19.2. The van der Waals surface area contributed by atoms with Crippen molar-refractivity contribution in [1.82, 2.24) is 15.2 Å². The number of likely N-dealkylation sites (tertiary alicyclic amines) is 1. The van der Waals surface area contributed by atoms with Gasteiger partial charge in [0.15, 0.2) is 0 Å². The van der Waals surface area contributed by atoms with Crippen LogP contribution in [0.5, 0.6) is 0 Å². The van der Waals surface area contributed by atoms with Gasteiger partial charge in [-0.2, -0.15) is 0 Å². The molecule has 140 valence electrons. The molecule has 1 saturated heterocycles. The number of allylic oxidation sites excluding steroid dienone is 1. The van der Waals surface area contributed by atoms with Gasteiger partial charge >= 0.3 is 17.9 Å². The first-order valence-corrected chi connectivity index (χ1v) is 7.45. The Kier molecular flexibility index (Phi) is 6.54. The molecule has 2 atom stereocenters. The van der Waals surface area contributed by atoms with Crippen LogP contribution in [-0.2, 0) is 23.9 Å². The maximum Gasteiger partial charge on any atom is 0.354 e. The van der Waals surface area contributed by atoms with E-state index in [9.17, 15) is 29.4 Å². The highest BCUT2D eigenvalue weighted by molar-refractivity contribution is 7.78. The number of carboxylic acid groups (broad SMARTS) is 2. The Morgan fingerprint density at radius 3 is 2.20 bits per heavy atom. The molecule has 1 aliphatic heterocycles. The fourth-order valence-corrected chi connectivity index (χ4v) is 2.79. The van der Waals surface area contributed by atoms with E-state index in [2.05, 4.69) is 27.8 Å². The number of hydrogen-bond acceptors (Lipinski definition) is 9. The third kappa shape index (κ3) is 3.33. The number of thiol groups is 1. The van der Waals surface area contributed by atoms with Crippen LogP contribution < -0.4 is 16.0 Å². The summed E-state index contributed by atoms with van der Waals surface area (Å²) in [5.74, 6) is -5.15. The van der Waals surface area contributed by atoms with Gasteiger partial charge in [-0.3, -0.25) is 19.3 Å². The van der Waals surface area contributed by atoms with Crippen molar-refractivity contribution in [3.05, 3.63) is 11.3 Å². The molecule has 1 heterocycles. The van der Waals surface area contributed by atoms with Crippen molar-refractivity contribution in [2.24, 2.45) is 11.1 Å². The molecule has 0 bridgehead atoms. The fourth-order valence-electron chi connectivity index (χ4n) is 2.71. The molecule has 0 spiro atoms. The first kappa shape index (κ1) is 20.9. The molecule has 1 rings (SSSR count). The fraction of sp³-hybridized carbons (Fsp3) is 0.538. The van der Waals surface area contributed by atoms with Crippen molar-refractivity contribution >= 4 is 36.6 Å². The normalized spacial score (nSPS) is 19.9. The SMILES string of the molecule is COC(=O)C(=C(C)C)N1C(=O)[C@H](N)[C@@H]1C(CNNS)(C(=O)O)C(=O)O. The molecule has 0 aromatic heterocycles. The van der Waals surface area contributed by atoms with Crippen LogP contribution in [-0.4, -0.2) is 64.7 Å². The van der Waals surface area contributed by atoms with Crippen LogP contribution in [0.1, 0.15) is 13.8 Å². The number of carboxylic acids is 2. The minimum Gasteiger partial charge on any atom is -0.480 e. The molecule has 6 N–H and O–H groups in total. The van der Waals surface area contributed by atoms with Gasteiger partial charge in [-0.15, -0.1) is 0 Å². The lowest BCUT2D eigenvalue weighted by Gasteiger charge is -2.51. The summed E-state index contributed by atoms with van der Waals surface area (Å²) < 4.78 is 4.61. The standard InChI is InChI=1S/C13H20N4O7S/c1-5(2)7(10(19)24-3)17-8(6(14)9(17)18)13(11(20)21,12(22)23)4-15-16-25/h6,8,15-16,25H,4,14H2,1-3H3,(H,20,21)(H,22,23)/t6-,8-/m1/s1. The summed E-state index contributed by atoms with van der Waals surface area (Å²) >= 11 is 3.63. The number of carbonyl (C=O) groups excluding carboxylic acids is 2. The number of esters is 1. The number of β-lactam (4-membered cyclic amide) rings is 1. The second kappa shape index (κ2) is 7.82. The van der Waals surface area contributed by atoms with Crippen molar-refractivity contribution < 1.29 is 34.1 Å². The van der Waals surface area contributed by atoms with Crippen LogP contribution in [0, 0.1) is 5.41 Å². The van der Waals surface area contributed by atoms with Gasteiger partial charge in [0, 0.05) is 6.54 Å². The highest BCUT2D eigenvalue weighted by Gasteiger charge is 2.66. The lowest BCUT2D eigenvalue weighted by atomic mass is 9.70. The molecule has 1 fully saturated rings. The molecule has 0 saturated carbocycles. The van der Waals surface area contributed by atoms with E-state index >= 15 is 0 Å². The van der Waals surface area contributed by atoms with E-state index in [0.717, 1.165) is 12.0 Å². The van der Waals surface area contributed by atoms with E-state index in [4.69, 9.17) is 5.73 Å². The van der Waals surface area contributed by atoms with Gasteiger partial charge in [-0.25, -0.2) is 15.1 Å². The Balaban J connectivity index is 3.54. The number of ether oxygens (including phenoxy) is 1. The molecule has 1 amide bonds. The summed E-state index contributed by atoms with van der Waals surface area (Å²) in [6.07, 6.45) is 0. The Morgan fingerprint density at radius 2 is 1.84 bits per heavy atom. The van der Waals surface area contributed by atoms with E-state index in [0.29, 0.717) is 5.57 Å². The monoisotopic (exact) mass is 376 g/mol. The van der Waals surface area contributed by atoms with Crippen molar-refractivity contribution in [3.8, 4) is 0 Å². The summed E-state index contributed by atoms with van der Waals surface area (Å²) in [5.41, 5.74) is 5.56. The molecule has 0 aliphatic carbocycles. The van der Waals surface area contributed by atoms with E-state index in [1.165, 1.54) is 13.8 Å². The predicted molar refractivity (Wildman–Crippen MR) is 86.8 cm³/mol. The van der Waals surface area contributed by atoms with Crippen molar-refractivity contribution in [2.75, 3.05) is 13.7 Å². The van der Waals surface area contributed by atoms with Crippen LogP contribution in [0.3, 0.4) is 0 Å². The first-order valence-electron chi connectivity index (χ1n) is 7.01. The van der Waals surface area contributed by atoms with Crippen molar-refractivity contribution in [1.29, 1.82) is 0 Å². The Morgan fingerprint density at radius 1 is 1.32 bits per heavy atom. The third-order valence-corrected chi connectivity index (χ3v) is 4.11. The summed E-state index contributed by atoms with van der Waals surface area (Å²) in [7, 11) is 1.08. The van der Waals surface area contributed by atoms with Crippen LogP contribution in [0.25, 0.3) is 0 Å². The lowest BCUT2D eigenvalue weighted by molar-refractivity contribution is -0.180. The molecule has 0 unspecified atom stereocenters. The van der Waals surface area contributed by atoms with Gasteiger partial charge in [0.1, 0.15) is 11.7 Å². The van der Waals surface area contributed by atoms with Gasteiger partial charge in [-0.05, 0) is 19.4 Å². The average Bonchev–Trinajstić information content (AvgIpc) is 2.55. The largest absolute Gasteiger partial charge is 0.480 e. The van der Waals surface area contributed by atoms with Gasteiger partial charge in [0.25, 0.3) is 0 Å². The number of carbonyl (C=O) groups is 4. The van der Waals surface area contributed by atoms with E-state index < -0.39 is 47.9 Å². The molecular formula is C13H20N4O7S. The second-order valence-electron chi connectivity index (χ2n) is 5.57. The Labute approximate surface area is 148 Å². The van der Waals surface area contributed by atoms with Crippen molar-refractivity contribution in [3.63, 3.8) is 0 Å². The molecule has 1 aliphatic rings. The quantitative estimate of drug-likeness (QED) is 0.0701. The van der Waals surface area contributed by atoms with Crippen molar-refractivity contribution in [2.45, 2.75) is 25.9 Å². The molecule has 12 heteroatoms. The smallest absolute Gasteiger partial charge is 0.354 e. The highest BCUT2D eigenvalue weighted by Crippen LogP contribution is 2.39. The molecule has 25 heavy (non-hydrogen) atoms. The summed E-state index contributed by atoms with van der Waals surface area (Å²) in [4.78, 5) is 50.8. The Hall–Kier alpha value is -2.15. The molecule has 0 radical (unpaired) electrons.